The summed E-state index contributed by atoms with van der Waals surface area (Å²) in [5.74, 6) is -71.4. The second kappa shape index (κ2) is 18.7. The van der Waals surface area contributed by atoms with Gasteiger partial charge in [-0.1, -0.05) is 66.7 Å². The summed E-state index contributed by atoms with van der Waals surface area (Å²) in [7, 11) is 0. The van der Waals surface area contributed by atoms with E-state index in [-0.39, 0.29) is 0 Å². The first-order valence-corrected chi connectivity index (χ1v) is 21.0. The van der Waals surface area contributed by atoms with E-state index in [1.807, 2.05) is 0 Å². The van der Waals surface area contributed by atoms with Crippen molar-refractivity contribution in [3.8, 4) is 0 Å². The first-order chi connectivity index (χ1) is 35.1. The van der Waals surface area contributed by atoms with Crippen LogP contribution in [0.1, 0.15) is 5.56 Å². The van der Waals surface area contributed by atoms with Gasteiger partial charge in [0.2, 0.25) is 0 Å². The number of halogens is 20. The van der Waals surface area contributed by atoms with Crippen molar-refractivity contribution >= 4 is 71.1 Å². The van der Waals surface area contributed by atoms with Crippen LogP contribution in [-0.4, -0.2) is 6.15 Å². The van der Waals surface area contributed by atoms with Gasteiger partial charge in [0.1, 0.15) is 52.7 Å². The van der Waals surface area contributed by atoms with Crippen molar-refractivity contribution < 1.29 is 92.4 Å². The number of pyridine rings is 1. The lowest BCUT2D eigenvalue weighted by atomic mass is 9.12. The van der Waals surface area contributed by atoms with Crippen LogP contribution in [0.15, 0.2) is 109 Å². The molecule has 0 unspecified atom stereocenters. The van der Waals surface area contributed by atoms with E-state index in [0.29, 0.717) is 0 Å². The molecule has 0 saturated heterocycles. The van der Waals surface area contributed by atoms with Crippen LogP contribution in [-0.2, 0) is 6.54 Å². The zero-order chi connectivity index (χ0) is 53.6. The molecule has 10 rings (SSSR count). The van der Waals surface area contributed by atoms with E-state index >= 15 is 35.1 Å². The number of fused-ring (bicyclic) bond motifs is 4. The molecule has 0 atom stereocenters. The summed E-state index contributed by atoms with van der Waals surface area (Å²) in [5.41, 5.74) is -13.0. The highest BCUT2D eigenvalue weighted by molar-refractivity contribution is 7.20. The van der Waals surface area contributed by atoms with E-state index in [1.54, 1.807) is 0 Å². The van der Waals surface area contributed by atoms with E-state index in [9.17, 15) is 52.7 Å². The summed E-state index contributed by atoms with van der Waals surface area (Å²) in [6, 6.07) is 35.1. The Morgan fingerprint density at radius 1 is 0.270 bits per heavy atom. The largest absolute Gasteiger partial charge is 0.207 e. The van der Waals surface area contributed by atoms with Crippen molar-refractivity contribution in [1.82, 2.24) is 0 Å². The van der Waals surface area contributed by atoms with Crippen LogP contribution in [0.3, 0.4) is 0 Å². The maximum Gasteiger partial charge on any atom is 0.200 e. The molecule has 10 aromatic rings. The highest BCUT2D eigenvalue weighted by Gasteiger charge is 2.52. The number of hydrogen-bond acceptors (Lipinski definition) is 0. The van der Waals surface area contributed by atoms with E-state index in [1.165, 1.54) is 48.7 Å². The highest BCUT2D eigenvalue weighted by atomic mass is 19.2. The fourth-order valence-electron chi connectivity index (χ4n) is 9.35. The van der Waals surface area contributed by atoms with E-state index in [2.05, 4.69) is 114 Å². The minimum Gasteiger partial charge on any atom is -0.207 e. The van der Waals surface area contributed by atoms with Crippen LogP contribution in [0.25, 0.3) is 43.1 Å². The Hall–Kier alpha value is -8.17. The predicted octanol–water partition coefficient (Wildman–Crippen LogP) is 12.5. The molecule has 0 aliphatic heterocycles. The van der Waals surface area contributed by atoms with E-state index in [0.717, 1.165) is 6.54 Å². The van der Waals surface area contributed by atoms with Crippen LogP contribution in [0.5, 0.6) is 0 Å². The molecule has 1 heterocycles. The lowest BCUT2D eigenvalue weighted by molar-refractivity contribution is -0.686. The van der Waals surface area contributed by atoms with Crippen molar-refractivity contribution in [2.45, 2.75) is 6.54 Å². The number of nitrogens with zero attached hydrogens (tertiary/aromatic N) is 1. The van der Waals surface area contributed by atoms with Gasteiger partial charge in [-0.3, -0.25) is 0 Å². The summed E-state index contributed by atoms with van der Waals surface area (Å²) in [5, 5.41) is 10.4. The minimum absolute atomic E-state index is 0.848. The van der Waals surface area contributed by atoms with E-state index in [4.69, 9.17) is 0 Å². The standard InChI is InChI=1S/C28H20N.C24BF20/c1-4-11-24-18-29(14-13-20(24)7-1)19-28-26-12-6-5-10-23(26)16-25-15-21-8-2-3-9-22(21)17-27(25)28;26-5-1(6(27)14(35)21(42)13(5)34)25(2-7(28)15(36)22(43)16(37)8(2)29,3-9(30)17(38)23(44)18(39)10(3)31)4-11(32)19(40)24(45)20(41)12(4)33/h1-18H,19H2;/q+1;-1. The monoisotopic (exact) mass is 1050 g/mol. The van der Waals surface area contributed by atoms with Crippen molar-refractivity contribution in [1.29, 1.82) is 0 Å². The van der Waals surface area contributed by atoms with Crippen LogP contribution in [0.4, 0.5) is 87.8 Å². The topological polar surface area (TPSA) is 3.88 Å². The van der Waals surface area contributed by atoms with Gasteiger partial charge in [-0.25, -0.2) is 92.4 Å². The zero-order valence-electron chi connectivity index (χ0n) is 36.2. The second-order valence-corrected chi connectivity index (χ2v) is 16.5. The van der Waals surface area contributed by atoms with Gasteiger partial charge in [0.05, 0.1) is 0 Å². The smallest absolute Gasteiger partial charge is 0.200 e. The Kier molecular flexibility index (Phi) is 12.8. The van der Waals surface area contributed by atoms with Gasteiger partial charge >= 0.3 is 0 Å². The van der Waals surface area contributed by atoms with Crippen molar-refractivity contribution in [2.75, 3.05) is 0 Å². The van der Waals surface area contributed by atoms with Gasteiger partial charge in [0, 0.05) is 17.0 Å². The molecule has 0 radical (unpaired) electrons. The summed E-state index contributed by atoms with van der Waals surface area (Å²) in [4.78, 5) is 0. The lowest BCUT2D eigenvalue weighted by Gasteiger charge is -2.44. The van der Waals surface area contributed by atoms with Crippen molar-refractivity contribution in [3.63, 3.8) is 0 Å². The molecule has 1 aromatic heterocycles. The Balaban J connectivity index is 0.000000198. The average Bonchev–Trinajstić information content (AvgIpc) is 3.46. The highest BCUT2D eigenvalue weighted by Crippen LogP contribution is 2.34. The fraction of sp³-hybridized carbons (Fsp3) is 0.0192. The molecule has 0 aliphatic rings. The molecular formula is C52H20BF20N. The first-order valence-electron chi connectivity index (χ1n) is 21.0. The molecule has 0 aliphatic carbocycles. The van der Waals surface area contributed by atoms with Gasteiger partial charge < -0.3 is 0 Å². The molecule has 9 aromatic carbocycles. The van der Waals surface area contributed by atoms with Crippen LogP contribution >= 0.6 is 0 Å². The first kappa shape index (κ1) is 50.8. The maximum atomic E-state index is 15.4. The number of aromatic nitrogens is 1. The third-order valence-corrected chi connectivity index (χ3v) is 12.6. The zero-order valence-corrected chi connectivity index (χ0v) is 36.2. The predicted molar refractivity (Wildman–Crippen MR) is 231 cm³/mol. The SMILES string of the molecule is Fc1c(F)c(F)c([B-](c2c(F)c(F)c(F)c(F)c2F)(c2c(F)c(F)c(F)c(F)c2F)c2c(F)c(F)c(F)c(F)c2F)c(F)c1F.c1ccc2c[n+](Cc3c4ccccc4cc4cc5ccccc5cc34)ccc2c1. The molecule has 0 saturated carbocycles. The quantitative estimate of drug-likeness (QED) is 0.0390. The summed E-state index contributed by atoms with van der Waals surface area (Å²) >= 11 is 0. The van der Waals surface area contributed by atoms with Gasteiger partial charge in [-0.05, 0) is 62.0 Å². The third-order valence-electron chi connectivity index (χ3n) is 12.6. The maximum absolute atomic E-state index is 15.4. The normalized spacial score (nSPS) is 11.8. The van der Waals surface area contributed by atoms with Gasteiger partial charge in [0.15, 0.2) is 88.7 Å². The Labute approximate surface area is 400 Å². The summed E-state index contributed by atoms with van der Waals surface area (Å²) in [6.07, 6.45) is -2.77. The molecule has 0 amide bonds. The fourth-order valence-corrected chi connectivity index (χ4v) is 9.35. The lowest BCUT2D eigenvalue weighted by Crippen LogP contribution is -2.81. The summed E-state index contributed by atoms with van der Waals surface area (Å²) < 4.78 is 296. The minimum atomic E-state index is -7.22. The number of benzene rings is 9. The Bertz CT molecular complexity index is 3630. The average molecular weight is 1050 g/mol. The molecule has 0 N–H and O–H groups in total. The molecule has 376 valence electrons. The van der Waals surface area contributed by atoms with Crippen LogP contribution in [0.2, 0.25) is 0 Å². The van der Waals surface area contributed by atoms with E-state index < -0.39 is 144 Å². The summed E-state index contributed by atoms with van der Waals surface area (Å²) in [6.45, 7) is 0.848. The number of hydrogen-bond donors (Lipinski definition) is 0. The Morgan fingerprint density at radius 2 is 0.568 bits per heavy atom. The van der Waals surface area contributed by atoms with Crippen LogP contribution < -0.4 is 26.4 Å². The molecule has 0 bridgehead atoms. The molecular weight excluding hydrogens is 1030 g/mol. The molecule has 22 heteroatoms. The van der Waals surface area contributed by atoms with Crippen molar-refractivity contribution in [3.05, 3.63) is 231 Å². The molecule has 0 spiro atoms. The third kappa shape index (κ3) is 7.62. The molecule has 1 nitrogen and oxygen atoms in total. The van der Waals surface area contributed by atoms with Crippen molar-refractivity contribution in [2.24, 2.45) is 0 Å². The van der Waals surface area contributed by atoms with Gasteiger partial charge in [-0.15, -0.1) is 21.9 Å². The van der Waals surface area contributed by atoms with Gasteiger partial charge in [0.25, 0.3) is 0 Å². The molecule has 0 fully saturated rings. The second-order valence-electron chi connectivity index (χ2n) is 16.5. The number of rotatable bonds is 6. The Morgan fingerprint density at radius 3 is 0.959 bits per heavy atom. The molecule has 74 heavy (non-hydrogen) atoms. The van der Waals surface area contributed by atoms with Gasteiger partial charge in [-0.2, -0.15) is 0 Å². The van der Waals surface area contributed by atoms with Crippen LogP contribution in [0, 0.1) is 116 Å².